The first-order chi connectivity index (χ1) is 17.4. The largest absolute Gasteiger partial charge is 0.325 e. The predicted molar refractivity (Wildman–Crippen MR) is 157 cm³/mol. The molecule has 0 spiro atoms. The van der Waals surface area contributed by atoms with E-state index in [0.717, 1.165) is 31.4 Å². The summed E-state index contributed by atoms with van der Waals surface area (Å²) in [5, 5.41) is 5.77. The van der Waals surface area contributed by atoms with Gasteiger partial charge in [0, 0.05) is 16.9 Å². The molecule has 0 radical (unpaired) electrons. The van der Waals surface area contributed by atoms with Crippen molar-refractivity contribution in [1.82, 2.24) is 4.98 Å². The zero-order valence-corrected chi connectivity index (χ0v) is 24.0. The highest BCUT2D eigenvalue weighted by Crippen LogP contribution is 2.34. The number of carbonyl (C=O) groups excluding carboxylic acids is 2. The van der Waals surface area contributed by atoms with E-state index >= 15 is 0 Å². The molecule has 1 unspecified atom stereocenters. The van der Waals surface area contributed by atoms with Gasteiger partial charge in [-0.15, -0.1) is 11.3 Å². The monoisotopic (exact) mass is 531 g/mol. The van der Waals surface area contributed by atoms with Crippen LogP contribution < -0.4 is 10.6 Å². The van der Waals surface area contributed by atoms with Crippen LogP contribution in [0.5, 0.6) is 0 Å². The van der Waals surface area contributed by atoms with E-state index in [4.69, 9.17) is 0 Å². The zero-order chi connectivity index (χ0) is 26.9. The summed E-state index contributed by atoms with van der Waals surface area (Å²) in [6, 6.07) is 17.6. The van der Waals surface area contributed by atoms with Crippen molar-refractivity contribution in [2.45, 2.75) is 63.5 Å². The lowest BCUT2D eigenvalue weighted by Crippen LogP contribution is -2.23. The number of hydrogen-bond acceptors (Lipinski definition) is 5. The fourth-order valence-electron chi connectivity index (χ4n) is 4.16. The van der Waals surface area contributed by atoms with Crippen molar-refractivity contribution in [3.63, 3.8) is 0 Å². The number of thiazole rings is 1. The molecule has 0 bridgehead atoms. The van der Waals surface area contributed by atoms with Crippen molar-refractivity contribution in [2.24, 2.45) is 0 Å². The molecule has 0 saturated heterocycles. The van der Waals surface area contributed by atoms with E-state index in [-0.39, 0.29) is 22.5 Å². The van der Waals surface area contributed by atoms with Gasteiger partial charge < -0.3 is 10.6 Å². The molecule has 2 amide bonds. The molecule has 1 heterocycles. The van der Waals surface area contributed by atoms with Crippen LogP contribution in [0.2, 0.25) is 0 Å². The Balaban J connectivity index is 1.42. The zero-order valence-electron chi connectivity index (χ0n) is 22.4. The van der Waals surface area contributed by atoms with E-state index in [0.29, 0.717) is 11.3 Å². The quantitative estimate of drug-likeness (QED) is 0.248. The minimum atomic E-state index is -0.309. The Kier molecular flexibility index (Phi) is 7.76. The van der Waals surface area contributed by atoms with Gasteiger partial charge in [-0.2, -0.15) is 0 Å². The maximum Gasteiger partial charge on any atom is 0.255 e. The van der Waals surface area contributed by atoms with Crippen LogP contribution in [-0.2, 0) is 10.2 Å². The summed E-state index contributed by atoms with van der Waals surface area (Å²) in [6.07, 6.45) is 0. The average Bonchev–Trinajstić information content (AvgIpc) is 3.22. The number of rotatable bonds is 6. The summed E-state index contributed by atoms with van der Waals surface area (Å²) in [7, 11) is 0. The minimum absolute atomic E-state index is 0.0403. The van der Waals surface area contributed by atoms with E-state index in [2.05, 4.69) is 55.4 Å². The standard InChI is InChI=1S/C30H33N3O2S2/c1-17-14-18(2)26(19(3)15-17)33-27(34)20(4)36-29-32-24-13-12-23(16-25(24)37-29)31-28(35)21-8-10-22(11-9-21)30(5,6)7/h8-16,20H,1-7H3,(H,31,35)(H,33,34). The van der Waals surface area contributed by atoms with Crippen molar-refractivity contribution in [1.29, 1.82) is 0 Å². The molecule has 2 N–H and O–H groups in total. The van der Waals surface area contributed by atoms with Crippen LogP contribution in [-0.4, -0.2) is 22.0 Å². The van der Waals surface area contributed by atoms with Crippen molar-refractivity contribution in [3.05, 3.63) is 82.4 Å². The van der Waals surface area contributed by atoms with Gasteiger partial charge in [0.1, 0.15) is 0 Å². The van der Waals surface area contributed by atoms with E-state index in [1.165, 1.54) is 34.2 Å². The summed E-state index contributed by atoms with van der Waals surface area (Å²) in [4.78, 5) is 30.4. The number of thioether (sulfide) groups is 1. The van der Waals surface area contributed by atoms with Gasteiger partial charge in [0.25, 0.3) is 5.91 Å². The maximum atomic E-state index is 12.9. The van der Waals surface area contributed by atoms with Gasteiger partial charge in [-0.1, -0.05) is 62.4 Å². The number of carbonyl (C=O) groups is 2. The highest BCUT2D eigenvalue weighted by molar-refractivity contribution is 8.02. The number of fused-ring (bicyclic) bond motifs is 1. The van der Waals surface area contributed by atoms with Gasteiger partial charge in [-0.3, -0.25) is 9.59 Å². The van der Waals surface area contributed by atoms with Crippen molar-refractivity contribution < 1.29 is 9.59 Å². The fraction of sp³-hybridized carbons (Fsp3) is 0.300. The summed E-state index contributed by atoms with van der Waals surface area (Å²) >= 11 is 2.96. The van der Waals surface area contributed by atoms with Crippen molar-refractivity contribution in [2.75, 3.05) is 10.6 Å². The second-order valence-corrected chi connectivity index (χ2v) is 13.1. The summed E-state index contributed by atoms with van der Waals surface area (Å²) < 4.78 is 1.78. The third-order valence-corrected chi connectivity index (χ3v) is 8.42. The van der Waals surface area contributed by atoms with Crippen LogP contribution in [0.1, 0.15) is 60.3 Å². The summed E-state index contributed by atoms with van der Waals surface area (Å²) in [5.41, 5.74) is 7.58. The second kappa shape index (κ2) is 10.7. The molecule has 5 nitrogen and oxygen atoms in total. The van der Waals surface area contributed by atoms with E-state index < -0.39 is 0 Å². The topological polar surface area (TPSA) is 71.1 Å². The normalized spacial score (nSPS) is 12.4. The van der Waals surface area contributed by atoms with Gasteiger partial charge in [0.2, 0.25) is 5.91 Å². The smallest absolute Gasteiger partial charge is 0.255 e. The number of nitrogens with zero attached hydrogens (tertiary/aromatic N) is 1. The van der Waals surface area contributed by atoms with E-state index in [1.54, 1.807) is 0 Å². The minimum Gasteiger partial charge on any atom is -0.325 e. The van der Waals surface area contributed by atoms with Gasteiger partial charge >= 0.3 is 0 Å². The SMILES string of the molecule is Cc1cc(C)c(NC(=O)C(C)Sc2nc3ccc(NC(=O)c4ccc(C(C)(C)C)cc4)cc3s2)c(C)c1. The van der Waals surface area contributed by atoms with Gasteiger partial charge in [0.15, 0.2) is 4.34 Å². The maximum absolute atomic E-state index is 12.9. The van der Waals surface area contributed by atoms with Gasteiger partial charge in [0.05, 0.1) is 15.5 Å². The molecule has 0 saturated carbocycles. The number of hydrogen-bond donors (Lipinski definition) is 2. The number of aromatic nitrogens is 1. The molecule has 0 aliphatic rings. The molecule has 4 aromatic rings. The Bertz CT molecular complexity index is 1440. The average molecular weight is 532 g/mol. The lowest BCUT2D eigenvalue weighted by molar-refractivity contribution is -0.115. The molecule has 3 aromatic carbocycles. The summed E-state index contributed by atoms with van der Waals surface area (Å²) in [6.45, 7) is 14.4. The molecule has 37 heavy (non-hydrogen) atoms. The third-order valence-electron chi connectivity index (χ3n) is 6.21. The molecule has 4 rings (SSSR count). The molecule has 7 heteroatoms. The van der Waals surface area contributed by atoms with Crippen LogP contribution in [0.15, 0.2) is 58.9 Å². The van der Waals surface area contributed by atoms with Crippen LogP contribution in [0, 0.1) is 20.8 Å². The van der Waals surface area contributed by atoms with Gasteiger partial charge in [-0.25, -0.2) is 4.98 Å². The number of amides is 2. The Morgan fingerprint density at radius 1 is 0.919 bits per heavy atom. The molecule has 192 valence electrons. The van der Waals surface area contributed by atoms with Crippen molar-refractivity contribution in [3.8, 4) is 0 Å². The number of aryl methyl sites for hydroxylation is 3. The molecule has 0 fully saturated rings. The number of anilines is 2. The molecular weight excluding hydrogens is 498 g/mol. The number of benzene rings is 3. The first-order valence-corrected chi connectivity index (χ1v) is 14.0. The number of nitrogens with one attached hydrogen (secondary N) is 2. The first-order valence-electron chi connectivity index (χ1n) is 12.3. The highest BCUT2D eigenvalue weighted by atomic mass is 32.2. The molecule has 1 aromatic heterocycles. The van der Waals surface area contributed by atoms with E-state index in [1.807, 2.05) is 63.2 Å². The first kappa shape index (κ1) is 26.9. The lowest BCUT2D eigenvalue weighted by Gasteiger charge is -2.19. The molecule has 0 aliphatic heterocycles. The second-order valence-electron chi connectivity index (χ2n) is 10.5. The summed E-state index contributed by atoms with van der Waals surface area (Å²) in [5.74, 6) is -0.198. The highest BCUT2D eigenvalue weighted by Gasteiger charge is 2.19. The third kappa shape index (κ3) is 6.40. The Labute approximate surface area is 227 Å². The van der Waals surface area contributed by atoms with Crippen LogP contribution >= 0.6 is 23.1 Å². The van der Waals surface area contributed by atoms with Crippen LogP contribution in [0.25, 0.3) is 10.2 Å². The van der Waals surface area contributed by atoms with Gasteiger partial charge in [-0.05, 0) is 80.1 Å². The predicted octanol–water partition coefficient (Wildman–Crippen LogP) is 7.89. The lowest BCUT2D eigenvalue weighted by atomic mass is 9.87. The fourth-order valence-corrected chi connectivity index (χ4v) is 6.41. The Morgan fingerprint density at radius 3 is 2.19 bits per heavy atom. The van der Waals surface area contributed by atoms with Crippen LogP contribution in [0.4, 0.5) is 11.4 Å². The van der Waals surface area contributed by atoms with Crippen molar-refractivity contribution >= 4 is 56.5 Å². The molecular formula is C30H33N3O2S2. The Hall–Kier alpha value is -3.16. The van der Waals surface area contributed by atoms with E-state index in [9.17, 15) is 9.59 Å². The Morgan fingerprint density at radius 2 is 1.57 bits per heavy atom. The molecule has 0 aliphatic carbocycles. The molecule has 1 atom stereocenters. The van der Waals surface area contributed by atoms with Crippen LogP contribution in [0.3, 0.4) is 0 Å².